The Bertz CT molecular complexity index is 69.7. The summed E-state index contributed by atoms with van der Waals surface area (Å²) in [6, 6.07) is 0. The Kier molecular flexibility index (Phi) is 5.64. The van der Waals surface area contributed by atoms with E-state index in [1.807, 2.05) is 0 Å². The first kappa shape index (κ1) is 9.92. The van der Waals surface area contributed by atoms with E-state index < -0.39 is 0 Å². The number of rotatable bonds is 5. The molecular weight excluding hydrogens is 128 g/mol. The van der Waals surface area contributed by atoms with Gasteiger partial charge in [-0.15, -0.1) is 0 Å². The molecule has 0 spiro atoms. The number of hydrogen-bond donors (Lipinski definition) is 2. The molecule has 0 rings (SSSR count). The molecule has 0 fully saturated rings. The molecule has 1 atom stereocenters. The van der Waals surface area contributed by atoms with Crippen LogP contribution in [-0.2, 0) is 0 Å². The van der Waals surface area contributed by atoms with Crippen LogP contribution in [0.1, 0.15) is 26.7 Å². The van der Waals surface area contributed by atoms with Crippen LogP contribution in [0.25, 0.3) is 0 Å². The molecule has 2 heteroatoms. The Balaban J connectivity index is 3.41. The second kappa shape index (κ2) is 5.69. The largest absolute Gasteiger partial charge is 0.396 e. The highest BCUT2D eigenvalue weighted by atomic mass is 16.3. The monoisotopic (exact) mass is 146 g/mol. The second-order valence-corrected chi connectivity index (χ2v) is 2.98. The van der Waals surface area contributed by atoms with Crippen LogP contribution >= 0.6 is 0 Å². The fourth-order valence-corrected chi connectivity index (χ4v) is 0.943. The Morgan fingerprint density at radius 3 is 2.00 bits per heavy atom. The van der Waals surface area contributed by atoms with Crippen molar-refractivity contribution in [1.82, 2.24) is 0 Å². The minimum absolute atomic E-state index is 0.0925. The lowest BCUT2D eigenvalue weighted by molar-refractivity contribution is 0.131. The zero-order valence-corrected chi connectivity index (χ0v) is 6.88. The fraction of sp³-hybridized carbons (Fsp3) is 1.00. The fourth-order valence-electron chi connectivity index (χ4n) is 0.943. The van der Waals surface area contributed by atoms with Crippen LogP contribution in [0.3, 0.4) is 0 Å². The summed E-state index contributed by atoms with van der Waals surface area (Å²) in [5.74, 6) is 0.708. The van der Waals surface area contributed by atoms with Crippen molar-refractivity contribution >= 4 is 0 Å². The molecule has 2 nitrogen and oxygen atoms in total. The quantitative estimate of drug-likeness (QED) is 0.608. The molecule has 0 unspecified atom stereocenters. The summed E-state index contributed by atoms with van der Waals surface area (Å²) < 4.78 is 0. The molecule has 0 aromatic heterocycles. The Morgan fingerprint density at radius 1 is 1.20 bits per heavy atom. The minimum Gasteiger partial charge on any atom is -0.396 e. The van der Waals surface area contributed by atoms with E-state index in [1.54, 1.807) is 0 Å². The van der Waals surface area contributed by atoms with Gasteiger partial charge in [0, 0.05) is 19.1 Å². The second-order valence-electron chi connectivity index (χ2n) is 2.98. The van der Waals surface area contributed by atoms with Gasteiger partial charge in [-0.1, -0.05) is 20.3 Å². The number of aliphatic hydroxyl groups is 2. The Labute approximate surface area is 62.9 Å². The molecule has 0 aliphatic carbocycles. The van der Waals surface area contributed by atoms with E-state index >= 15 is 0 Å². The van der Waals surface area contributed by atoms with Gasteiger partial charge in [0.05, 0.1) is 0 Å². The lowest BCUT2D eigenvalue weighted by Crippen LogP contribution is -2.14. The molecular formula is C8H18O2. The van der Waals surface area contributed by atoms with E-state index in [1.165, 1.54) is 0 Å². The zero-order valence-electron chi connectivity index (χ0n) is 6.88. The molecule has 0 aliphatic rings. The summed E-state index contributed by atoms with van der Waals surface area (Å²) in [6.45, 7) is 4.48. The van der Waals surface area contributed by atoms with Gasteiger partial charge in [-0.05, 0) is 12.3 Å². The van der Waals surface area contributed by atoms with Gasteiger partial charge in [0.25, 0.3) is 0 Å². The van der Waals surface area contributed by atoms with Gasteiger partial charge in [-0.2, -0.15) is 0 Å². The average molecular weight is 146 g/mol. The van der Waals surface area contributed by atoms with Crippen LogP contribution in [0.15, 0.2) is 0 Å². The zero-order chi connectivity index (χ0) is 7.98. The number of aliphatic hydroxyl groups excluding tert-OH is 2. The molecule has 62 valence electrons. The molecule has 10 heavy (non-hydrogen) atoms. The lowest BCUT2D eigenvalue weighted by atomic mass is 9.95. The van der Waals surface area contributed by atoms with Gasteiger partial charge >= 0.3 is 0 Å². The van der Waals surface area contributed by atoms with Crippen molar-refractivity contribution in [1.29, 1.82) is 0 Å². The van der Waals surface area contributed by atoms with E-state index in [0.717, 1.165) is 12.8 Å². The molecule has 0 radical (unpaired) electrons. The summed E-state index contributed by atoms with van der Waals surface area (Å²) in [7, 11) is 0. The summed E-state index contributed by atoms with van der Waals surface area (Å²) in [5, 5.41) is 17.4. The van der Waals surface area contributed by atoms with E-state index in [0.29, 0.717) is 5.92 Å². The van der Waals surface area contributed by atoms with Crippen molar-refractivity contribution in [3.05, 3.63) is 0 Å². The highest BCUT2D eigenvalue weighted by molar-refractivity contribution is 4.59. The molecule has 0 amide bonds. The highest BCUT2D eigenvalue weighted by Gasteiger charge is 2.09. The maximum atomic E-state index is 8.71. The van der Waals surface area contributed by atoms with E-state index in [9.17, 15) is 0 Å². The van der Waals surface area contributed by atoms with Crippen LogP contribution in [-0.4, -0.2) is 23.4 Å². The van der Waals surface area contributed by atoms with E-state index in [-0.39, 0.29) is 19.1 Å². The van der Waals surface area contributed by atoms with Crippen molar-refractivity contribution in [2.24, 2.45) is 11.8 Å². The third-order valence-corrected chi connectivity index (χ3v) is 1.95. The maximum Gasteiger partial charge on any atom is 0.0481 e. The smallest absolute Gasteiger partial charge is 0.0481 e. The van der Waals surface area contributed by atoms with Crippen LogP contribution in [0.2, 0.25) is 0 Å². The SMILES string of the molecule is CC[C@@H](C)CC(CO)CO. The topological polar surface area (TPSA) is 40.5 Å². The molecule has 0 saturated carbocycles. The van der Waals surface area contributed by atoms with Crippen LogP contribution in [0.4, 0.5) is 0 Å². The third-order valence-electron chi connectivity index (χ3n) is 1.95. The first-order valence-electron chi connectivity index (χ1n) is 3.96. The maximum absolute atomic E-state index is 8.71. The van der Waals surface area contributed by atoms with Crippen molar-refractivity contribution in [3.8, 4) is 0 Å². The van der Waals surface area contributed by atoms with Gasteiger partial charge < -0.3 is 10.2 Å². The predicted molar refractivity (Wildman–Crippen MR) is 41.7 cm³/mol. The molecule has 0 aliphatic heterocycles. The summed E-state index contributed by atoms with van der Waals surface area (Å²) in [4.78, 5) is 0. The minimum atomic E-state index is 0.0925. The summed E-state index contributed by atoms with van der Waals surface area (Å²) in [5.41, 5.74) is 0. The average Bonchev–Trinajstić information content (AvgIpc) is 1.99. The number of hydrogen-bond acceptors (Lipinski definition) is 2. The van der Waals surface area contributed by atoms with Gasteiger partial charge in [0.2, 0.25) is 0 Å². The molecule has 0 bridgehead atoms. The molecule has 0 aromatic rings. The normalized spacial score (nSPS) is 14.1. The van der Waals surface area contributed by atoms with Crippen LogP contribution in [0, 0.1) is 11.8 Å². The van der Waals surface area contributed by atoms with Crippen molar-refractivity contribution < 1.29 is 10.2 Å². The van der Waals surface area contributed by atoms with Gasteiger partial charge in [0.15, 0.2) is 0 Å². The summed E-state index contributed by atoms with van der Waals surface area (Å²) >= 11 is 0. The molecule has 0 heterocycles. The van der Waals surface area contributed by atoms with Crippen LogP contribution < -0.4 is 0 Å². The van der Waals surface area contributed by atoms with Gasteiger partial charge in [0.1, 0.15) is 0 Å². The summed E-state index contributed by atoms with van der Waals surface area (Å²) in [6.07, 6.45) is 2.06. The van der Waals surface area contributed by atoms with Crippen molar-refractivity contribution in [2.75, 3.05) is 13.2 Å². The van der Waals surface area contributed by atoms with Gasteiger partial charge in [-0.25, -0.2) is 0 Å². The van der Waals surface area contributed by atoms with Crippen LogP contribution in [0.5, 0.6) is 0 Å². The third kappa shape index (κ3) is 3.85. The molecule has 0 aromatic carbocycles. The standard InChI is InChI=1S/C8H18O2/c1-3-7(2)4-8(5-9)6-10/h7-10H,3-6H2,1-2H3/t7-/m1/s1. The van der Waals surface area contributed by atoms with E-state index in [2.05, 4.69) is 13.8 Å². The Hall–Kier alpha value is -0.0800. The molecule has 0 saturated heterocycles. The first-order valence-corrected chi connectivity index (χ1v) is 3.96. The predicted octanol–water partition coefficient (Wildman–Crippen LogP) is 1.02. The first-order chi connectivity index (χ1) is 4.74. The van der Waals surface area contributed by atoms with Crippen molar-refractivity contribution in [3.63, 3.8) is 0 Å². The molecule has 2 N–H and O–H groups in total. The highest BCUT2D eigenvalue weighted by Crippen LogP contribution is 2.13. The van der Waals surface area contributed by atoms with Crippen molar-refractivity contribution in [2.45, 2.75) is 26.7 Å². The van der Waals surface area contributed by atoms with E-state index in [4.69, 9.17) is 10.2 Å². The Morgan fingerprint density at radius 2 is 1.70 bits per heavy atom. The lowest BCUT2D eigenvalue weighted by Gasteiger charge is -2.14. The van der Waals surface area contributed by atoms with Gasteiger partial charge in [-0.3, -0.25) is 0 Å².